The Morgan fingerprint density at radius 2 is 1.89 bits per heavy atom. The second-order valence-corrected chi connectivity index (χ2v) is 4.17. The lowest BCUT2D eigenvalue weighted by atomic mass is 10.4. The van der Waals surface area contributed by atoms with Gasteiger partial charge in [0.1, 0.15) is 5.82 Å². The maximum absolute atomic E-state index is 11.9. The molecule has 6 nitrogen and oxygen atoms in total. The molecule has 0 fully saturated rings. The van der Waals surface area contributed by atoms with Crippen LogP contribution in [0.25, 0.3) is 0 Å². The molecule has 0 aliphatic carbocycles. The fourth-order valence-electron chi connectivity index (χ4n) is 1.75. The molecule has 0 atom stereocenters. The van der Waals surface area contributed by atoms with Crippen LogP contribution < -0.4 is 10.6 Å². The van der Waals surface area contributed by atoms with E-state index in [1.54, 1.807) is 4.90 Å². The van der Waals surface area contributed by atoms with E-state index in [1.165, 1.54) is 0 Å². The minimum atomic E-state index is 0.0752. The normalized spacial score (nSPS) is 10.1. The van der Waals surface area contributed by atoms with Gasteiger partial charge in [0.25, 0.3) is 0 Å². The van der Waals surface area contributed by atoms with Gasteiger partial charge in [-0.15, -0.1) is 0 Å². The molecular formula is C13H23N5O. The topological polar surface area (TPSA) is 70.2 Å². The lowest BCUT2D eigenvalue weighted by molar-refractivity contribution is -0.128. The molecule has 0 unspecified atom stereocenters. The summed E-state index contributed by atoms with van der Waals surface area (Å²) in [6, 6.07) is 1.83. The summed E-state index contributed by atoms with van der Waals surface area (Å²) in [4.78, 5) is 22.2. The number of amides is 1. The van der Waals surface area contributed by atoms with Crippen molar-refractivity contribution in [2.45, 2.75) is 27.7 Å². The van der Waals surface area contributed by atoms with E-state index in [2.05, 4.69) is 20.6 Å². The average Bonchev–Trinajstić information content (AvgIpc) is 2.37. The summed E-state index contributed by atoms with van der Waals surface area (Å²) < 4.78 is 0. The monoisotopic (exact) mass is 265 g/mol. The molecular weight excluding hydrogens is 242 g/mol. The van der Waals surface area contributed by atoms with Crippen LogP contribution in [0, 0.1) is 6.92 Å². The van der Waals surface area contributed by atoms with E-state index in [1.807, 2.05) is 33.8 Å². The van der Waals surface area contributed by atoms with Gasteiger partial charge in [0.15, 0.2) is 0 Å². The number of nitrogens with one attached hydrogen (secondary N) is 2. The Hall–Kier alpha value is -1.85. The predicted molar refractivity (Wildman–Crippen MR) is 77.4 cm³/mol. The first kappa shape index (κ1) is 15.2. The molecule has 1 aromatic heterocycles. The third-order valence-corrected chi connectivity index (χ3v) is 2.73. The van der Waals surface area contributed by atoms with Gasteiger partial charge < -0.3 is 15.5 Å². The van der Waals surface area contributed by atoms with Crippen LogP contribution in [0.5, 0.6) is 0 Å². The van der Waals surface area contributed by atoms with Gasteiger partial charge in [-0.3, -0.25) is 4.79 Å². The number of hydrogen-bond acceptors (Lipinski definition) is 5. The van der Waals surface area contributed by atoms with Gasteiger partial charge in [-0.25, -0.2) is 4.98 Å². The Morgan fingerprint density at radius 1 is 1.21 bits per heavy atom. The number of anilines is 2. The summed E-state index contributed by atoms with van der Waals surface area (Å²) in [5.74, 6) is 1.33. The van der Waals surface area contributed by atoms with E-state index >= 15 is 0 Å². The van der Waals surface area contributed by atoms with Gasteiger partial charge in [0.05, 0.1) is 6.54 Å². The van der Waals surface area contributed by atoms with Crippen LogP contribution >= 0.6 is 0 Å². The van der Waals surface area contributed by atoms with Crippen LogP contribution in [-0.2, 0) is 4.79 Å². The summed E-state index contributed by atoms with van der Waals surface area (Å²) in [6.45, 7) is 10.3. The summed E-state index contributed by atoms with van der Waals surface area (Å²) >= 11 is 0. The van der Waals surface area contributed by atoms with Crippen molar-refractivity contribution in [1.82, 2.24) is 14.9 Å². The summed E-state index contributed by atoms with van der Waals surface area (Å²) in [5.41, 5.74) is 0.865. The van der Waals surface area contributed by atoms with Gasteiger partial charge in [-0.2, -0.15) is 4.98 Å². The fourth-order valence-corrected chi connectivity index (χ4v) is 1.75. The van der Waals surface area contributed by atoms with Crippen molar-refractivity contribution in [3.05, 3.63) is 11.8 Å². The summed E-state index contributed by atoms with van der Waals surface area (Å²) in [6.07, 6.45) is 0. The molecule has 0 spiro atoms. The van der Waals surface area contributed by atoms with Gasteiger partial charge >= 0.3 is 0 Å². The number of hydrogen-bond donors (Lipinski definition) is 2. The van der Waals surface area contributed by atoms with Crippen molar-refractivity contribution in [2.24, 2.45) is 0 Å². The van der Waals surface area contributed by atoms with E-state index in [9.17, 15) is 4.79 Å². The van der Waals surface area contributed by atoms with Crippen LogP contribution in [0.15, 0.2) is 6.07 Å². The molecule has 0 aliphatic heterocycles. The molecule has 1 aromatic rings. The van der Waals surface area contributed by atoms with Crippen LogP contribution in [0.4, 0.5) is 11.8 Å². The minimum absolute atomic E-state index is 0.0752. The Labute approximate surface area is 114 Å². The van der Waals surface area contributed by atoms with Gasteiger partial charge in [0.2, 0.25) is 11.9 Å². The largest absolute Gasteiger partial charge is 0.361 e. The number of carbonyl (C=O) groups is 1. The fraction of sp³-hybridized carbons (Fsp3) is 0.615. The molecule has 0 aliphatic rings. The highest BCUT2D eigenvalue weighted by molar-refractivity contribution is 5.80. The highest BCUT2D eigenvalue weighted by Crippen LogP contribution is 2.09. The van der Waals surface area contributed by atoms with Crippen molar-refractivity contribution in [3.63, 3.8) is 0 Å². The third-order valence-electron chi connectivity index (χ3n) is 2.73. The Balaban J connectivity index is 2.64. The second-order valence-electron chi connectivity index (χ2n) is 4.17. The number of likely N-dealkylation sites (N-methyl/N-ethyl adjacent to an activating group) is 1. The molecule has 19 heavy (non-hydrogen) atoms. The number of nitrogens with zero attached hydrogens (tertiary/aromatic N) is 3. The van der Waals surface area contributed by atoms with Crippen molar-refractivity contribution < 1.29 is 4.79 Å². The number of rotatable bonds is 7. The zero-order chi connectivity index (χ0) is 14.3. The smallest absolute Gasteiger partial charge is 0.241 e. The Bertz CT molecular complexity index is 417. The maximum atomic E-state index is 11.9. The molecule has 1 amide bonds. The van der Waals surface area contributed by atoms with Gasteiger partial charge in [-0.1, -0.05) is 0 Å². The van der Waals surface area contributed by atoms with E-state index in [0.717, 1.165) is 25.3 Å². The average molecular weight is 265 g/mol. The van der Waals surface area contributed by atoms with E-state index in [0.29, 0.717) is 11.8 Å². The van der Waals surface area contributed by atoms with Gasteiger partial charge in [0, 0.05) is 31.4 Å². The first-order valence-electron chi connectivity index (χ1n) is 6.71. The molecule has 0 saturated heterocycles. The van der Waals surface area contributed by atoms with Crippen molar-refractivity contribution in [2.75, 3.05) is 36.8 Å². The molecule has 1 rings (SSSR count). The first-order chi connectivity index (χ1) is 9.10. The third kappa shape index (κ3) is 4.73. The van der Waals surface area contributed by atoms with Crippen LogP contribution in [0.2, 0.25) is 0 Å². The predicted octanol–water partition coefficient (Wildman–Crippen LogP) is 1.50. The minimum Gasteiger partial charge on any atom is -0.361 e. The molecule has 0 bridgehead atoms. The van der Waals surface area contributed by atoms with Crippen molar-refractivity contribution >= 4 is 17.7 Å². The quantitative estimate of drug-likeness (QED) is 0.782. The lowest BCUT2D eigenvalue weighted by Gasteiger charge is -2.19. The number of aryl methyl sites for hydroxylation is 1. The Morgan fingerprint density at radius 3 is 2.47 bits per heavy atom. The molecule has 2 N–H and O–H groups in total. The molecule has 6 heteroatoms. The zero-order valence-electron chi connectivity index (χ0n) is 12.2. The summed E-state index contributed by atoms with van der Waals surface area (Å²) in [7, 11) is 0. The van der Waals surface area contributed by atoms with Crippen LogP contribution in [0.1, 0.15) is 26.5 Å². The standard InChI is InChI=1S/C13H23N5O/c1-5-14-13-16-10(4)8-11(17-13)15-9-12(19)18(6-2)7-3/h8H,5-7,9H2,1-4H3,(H2,14,15,16,17). The van der Waals surface area contributed by atoms with E-state index in [-0.39, 0.29) is 12.5 Å². The molecule has 106 valence electrons. The van der Waals surface area contributed by atoms with Crippen LogP contribution in [0.3, 0.4) is 0 Å². The second kappa shape index (κ2) is 7.56. The molecule has 0 saturated carbocycles. The van der Waals surface area contributed by atoms with E-state index < -0.39 is 0 Å². The first-order valence-corrected chi connectivity index (χ1v) is 6.71. The van der Waals surface area contributed by atoms with Gasteiger partial charge in [-0.05, 0) is 27.7 Å². The zero-order valence-corrected chi connectivity index (χ0v) is 12.2. The number of aromatic nitrogens is 2. The SMILES string of the molecule is CCNc1nc(C)cc(NCC(=O)N(CC)CC)n1. The summed E-state index contributed by atoms with van der Waals surface area (Å²) in [5, 5.41) is 6.11. The van der Waals surface area contributed by atoms with E-state index in [4.69, 9.17) is 0 Å². The van der Waals surface area contributed by atoms with Crippen molar-refractivity contribution in [1.29, 1.82) is 0 Å². The molecule has 1 heterocycles. The Kier molecular flexibility index (Phi) is 6.05. The lowest BCUT2D eigenvalue weighted by Crippen LogP contribution is -2.35. The van der Waals surface area contributed by atoms with Crippen LogP contribution in [-0.4, -0.2) is 47.0 Å². The molecule has 0 aromatic carbocycles. The number of carbonyl (C=O) groups excluding carboxylic acids is 1. The van der Waals surface area contributed by atoms with Crippen molar-refractivity contribution in [3.8, 4) is 0 Å². The molecule has 0 radical (unpaired) electrons. The highest BCUT2D eigenvalue weighted by Gasteiger charge is 2.09. The highest BCUT2D eigenvalue weighted by atomic mass is 16.2. The maximum Gasteiger partial charge on any atom is 0.241 e.